The molecule has 0 saturated carbocycles. The van der Waals surface area contributed by atoms with E-state index in [0.29, 0.717) is 12.3 Å². The number of allylic oxidation sites excluding steroid dienone is 5. The molecule has 0 aliphatic heterocycles. The van der Waals surface area contributed by atoms with Crippen molar-refractivity contribution in [2.24, 2.45) is 5.92 Å². The molecule has 0 rings (SSSR count). The highest BCUT2D eigenvalue weighted by Crippen LogP contribution is 2.13. The molecule has 0 saturated heterocycles. The lowest BCUT2D eigenvalue weighted by Crippen LogP contribution is -2.03. The van der Waals surface area contributed by atoms with Crippen LogP contribution in [-0.4, -0.2) is 5.78 Å². The first-order valence-corrected chi connectivity index (χ1v) is 5.92. The molecule has 0 aliphatic carbocycles. The van der Waals surface area contributed by atoms with Gasteiger partial charge in [0.05, 0.1) is 0 Å². The van der Waals surface area contributed by atoms with Gasteiger partial charge in [-0.25, -0.2) is 0 Å². The van der Waals surface area contributed by atoms with Crippen LogP contribution in [0.4, 0.5) is 0 Å². The summed E-state index contributed by atoms with van der Waals surface area (Å²) in [6.07, 6.45) is 8.42. The van der Waals surface area contributed by atoms with Crippen molar-refractivity contribution in [3.8, 4) is 0 Å². The van der Waals surface area contributed by atoms with Gasteiger partial charge in [-0.05, 0) is 51.2 Å². The fourth-order valence-corrected chi connectivity index (χ4v) is 1.47. The third kappa shape index (κ3) is 8.22. The van der Waals surface area contributed by atoms with E-state index in [2.05, 4.69) is 33.4 Å². The summed E-state index contributed by atoms with van der Waals surface area (Å²) in [6, 6.07) is 0. The monoisotopic (exact) mass is 220 g/mol. The normalized spacial score (nSPS) is 13.1. The minimum absolute atomic E-state index is 0.210. The van der Waals surface area contributed by atoms with E-state index in [4.69, 9.17) is 0 Å². The van der Waals surface area contributed by atoms with Crippen LogP contribution in [0.2, 0.25) is 0 Å². The van der Waals surface area contributed by atoms with Gasteiger partial charge in [0.1, 0.15) is 0 Å². The lowest BCUT2D eigenvalue weighted by atomic mass is 9.98. The van der Waals surface area contributed by atoms with E-state index in [1.165, 1.54) is 5.57 Å². The molecule has 0 bridgehead atoms. The molecule has 0 amide bonds. The van der Waals surface area contributed by atoms with Gasteiger partial charge in [-0.3, -0.25) is 4.79 Å². The summed E-state index contributed by atoms with van der Waals surface area (Å²) >= 11 is 0. The Hall–Kier alpha value is -1.11. The number of ketones is 1. The van der Waals surface area contributed by atoms with Crippen molar-refractivity contribution < 1.29 is 4.79 Å². The topological polar surface area (TPSA) is 17.1 Å². The average molecular weight is 220 g/mol. The van der Waals surface area contributed by atoms with Crippen LogP contribution in [0, 0.1) is 5.92 Å². The lowest BCUT2D eigenvalue weighted by Gasteiger charge is -2.07. The molecule has 0 heterocycles. The van der Waals surface area contributed by atoms with Gasteiger partial charge in [0, 0.05) is 6.42 Å². The summed E-state index contributed by atoms with van der Waals surface area (Å²) in [4.78, 5) is 11.6. The van der Waals surface area contributed by atoms with Crippen LogP contribution in [-0.2, 0) is 4.79 Å². The first kappa shape index (κ1) is 14.9. The standard InChI is InChI=1S/C15H24O/c1-6-13(4)10-15(16)11-14(5)9-7-8-12(2)3/h6,8,10,14H,1,7,9,11H2,2-5H3/b13-10+/t14-/m0/s1. The van der Waals surface area contributed by atoms with E-state index in [9.17, 15) is 4.79 Å². The molecular weight excluding hydrogens is 196 g/mol. The molecule has 16 heavy (non-hydrogen) atoms. The minimum Gasteiger partial charge on any atom is -0.295 e. The van der Waals surface area contributed by atoms with Crippen LogP contribution in [0.3, 0.4) is 0 Å². The zero-order valence-corrected chi connectivity index (χ0v) is 11.0. The Balaban J connectivity index is 3.96. The van der Waals surface area contributed by atoms with Gasteiger partial charge in [-0.15, -0.1) is 0 Å². The Bertz CT molecular complexity index is 291. The SMILES string of the molecule is C=C/C(C)=C/C(=O)C[C@@H](C)CCC=C(C)C. The molecule has 0 radical (unpaired) electrons. The van der Waals surface area contributed by atoms with Crippen molar-refractivity contribution >= 4 is 5.78 Å². The summed E-state index contributed by atoms with van der Waals surface area (Å²) in [5.74, 6) is 0.666. The van der Waals surface area contributed by atoms with Gasteiger partial charge in [-0.1, -0.05) is 31.2 Å². The fraction of sp³-hybridized carbons (Fsp3) is 0.533. The summed E-state index contributed by atoms with van der Waals surface area (Å²) in [5, 5.41) is 0. The predicted molar refractivity (Wildman–Crippen MR) is 71.4 cm³/mol. The second kappa shape index (κ2) is 8.09. The number of carbonyl (C=O) groups excluding carboxylic acids is 1. The van der Waals surface area contributed by atoms with Crippen molar-refractivity contribution in [2.75, 3.05) is 0 Å². The van der Waals surface area contributed by atoms with E-state index in [-0.39, 0.29) is 5.78 Å². The second-order valence-corrected chi connectivity index (χ2v) is 4.73. The predicted octanol–water partition coefficient (Wildman–Crippen LogP) is 4.46. The van der Waals surface area contributed by atoms with Gasteiger partial charge in [0.15, 0.2) is 5.78 Å². The third-order valence-electron chi connectivity index (χ3n) is 2.47. The zero-order valence-electron chi connectivity index (χ0n) is 11.0. The van der Waals surface area contributed by atoms with Crippen LogP contribution in [0.1, 0.15) is 47.0 Å². The Labute approximate surface area is 99.9 Å². The fourth-order valence-electron chi connectivity index (χ4n) is 1.47. The van der Waals surface area contributed by atoms with Crippen LogP contribution < -0.4 is 0 Å². The van der Waals surface area contributed by atoms with E-state index >= 15 is 0 Å². The van der Waals surface area contributed by atoms with Gasteiger partial charge in [0.25, 0.3) is 0 Å². The summed E-state index contributed by atoms with van der Waals surface area (Å²) < 4.78 is 0. The molecule has 0 aromatic heterocycles. The first-order chi connectivity index (χ1) is 7.45. The maximum Gasteiger partial charge on any atom is 0.156 e. The number of hydrogen-bond donors (Lipinski definition) is 0. The minimum atomic E-state index is 0.210. The molecule has 0 unspecified atom stereocenters. The summed E-state index contributed by atoms with van der Waals surface area (Å²) in [6.45, 7) is 11.9. The molecule has 0 spiro atoms. The van der Waals surface area contributed by atoms with Crippen molar-refractivity contribution in [1.82, 2.24) is 0 Å². The quantitative estimate of drug-likeness (QED) is 0.352. The number of carbonyl (C=O) groups is 1. The smallest absolute Gasteiger partial charge is 0.156 e. The van der Waals surface area contributed by atoms with Crippen molar-refractivity contribution in [2.45, 2.75) is 47.0 Å². The van der Waals surface area contributed by atoms with Gasteiger partial charge >= 0.3 is 0 Å². The molecule has 90 valence electrons. The van der Waals surface area contributed by atoms with Crippen LogP contribution in [0.25, 0.3) is 0 Å². The van der Waals surface area contributed by atoms with E-state index in [1.54, 1.807) is 12.2 Å². The summed E-state index contributed by atoms with van der Waals surface area (Å²) in [7, 11) is 0. The molecular formula is C15H24O. The van der Waals surface area contributed by atoms with Crippen LogP contribution in [0.15, 0.2) is 36.0 Å². The van der Waals surface area contributed by atoms with Crippen molar-refractivity contribution in [3.63, 3.8) is 0 Å². The second-order valence-electron chi connectivity index (χ2n) is 4.73. The van der Waals surface area contributed by atoms with Gasteiger partial charge in [-0.2, -0.15) is 0 Å². The lowest BCUT2D eigenvalue weighted by molar-refractivity contribution is -0.115. The number of hydrogen-bond acceptors (Lipinski definition) is 1. The van der Waals surface area contributed by atoms with E-state index in [1.807, 2.05) is 6.92 Å². The molecule has 0 aromatic carbocycles. The van der Waals surface area contributed by atoms with Crippen molar-refractivity contribution in [1.29, 1.82) is 0 Å². The number of rotatable bonds is 7. The third-order valence-corrected chi connectivity index (χ3v) is 2.47. The zero-order chi connectivity index (χ0) is 12.6. The van der Waals surface area contributed by atoms with Gasteiger partial charge in [0.2, 0.25) is 0 Å². The Morgan fingerprint density at radius 2 is 1.94 bits per heavy atom. The highest BCUT2D eigenvalue weighted by molar-refractivity contribution is 5.90. The molecule has 1 heteroatoms. The maximum atomic E-state index is 11.6. The Morgan fingerprint density at radius 1 is 1.31 bits per heavy atom. The largest absolute Gasteiger partial charge is 0.295 e. The molecule has 0 aromatic rings. The van der Waals surface area contributed by atoms with E-state index in [0.717, 1.165) is 18.4 Å². The highest BCUT2D eigenvalue weighted by Gasteiger charge is 2.06. The van der Waals surface area contributed by atoms with Crippen LogP contribution in [0.5, 0.6) is 0 Å². The van der Waals surface area contributed by atoms with E-state index < -0.39 is 0 Å². The molecule has 0 aliphatic rings. The molecule has 1 atom stereocenters. The van der Waals surface area contributed by atoms with Crippen LogP contribution >= 0.6 is 0 Å². The van der Waals surface area contributed by atoms with Gasteiger partial charge < -0.3 is 0 Å². The Kier molecular flexibility index (Phi) is 7.53. The molecule has 0 N–H and O–H groups in total. The maximum absolute atomic E-state index is 11.6. The first-order valence-electron chi connectivity index (χ1n) is 5.92. The molecule has 1 nitrogen and oxygen atoms in total. The average Bonchev–Trinajstić information content (AvgIpc) is 2.16. The van der Waals surface area contributed by atoms with Crippen molar-refractivity contribution in [3.05, 3.63) is 36.0 Å². The summed E-state index contributed by atoms with van der Waals surface area (Å²) in [5.41, 5.74) is 2.29. The Morgan fingerprint density at radius 3 is 2.44 bits per heavy atom. The highest BCUT2D eigenvalue weighted by atomic mass is 16.1. The molecule has 0 fully saturated rings.